The molecule has 0 saturated carbocycles. The van der Waals surface area contributed by atoms with Crippen molar-refractivity contribution in [1.29, 1.82) is 0 Å². The third kappa shape index (κ3) is 1.43. The Morgan fingerprint density at radius 2 is 2.07 bits per heavy atom. The molecule has 0 N–H and O–H groups in total. The molecule has 0 bridgehead atoms. The van der Waals surface area contributed by atoms with Gasteiger partial charge in [0.05, 0.1) is 0 Å². The third-order valence-corrected chi connectivity index (χ3v) is 2.71. The van der Waals surface area contributed by atoms with E-state index in [1.165, 1.54) is 6.20 Å². The molecule has 14 heavy (non-hydrogen) atoms. The van der Waals surface area contributed by atoms with Crippen molar-refractivity contribution in [2.45, 2.75) is 6.43 Å². The molecule has 0 radical (unpaired) electrons. The van der Waals surface area contributed by atoms with Crippen molar-refractivity contribution in [3.05, 3.63) is 34.4 Å². The summed E-state index contributed by atoms with van der Waals surface area (Å²) < 4.78 is 27.8. The van der Waals surface area contributed by atoms with Crippen LogP contribution in [-0.4, -0.2) is 4.57 Å². The summed E-state index contributed by atoms with van der Waals surface area (Å²) in [5, 5.41) is 0.616. The summed E-state index contributed by atoms with van der Waals surface area (Å²) >= 11 is 3.31. The molecule has 0 fully saturated rings. The Kier molecular flexibility index (Phi) is 2.31. The van der Waals surface area contributed by atoms with Crippen LogP contribution in [0.3, 0.4) is 0 Å². The first-order valence-electron chi connectivity index (χ1n) is 4.12. The van der Waals surface area contributed by atoms with E-state index in [9.17, 15) is 8.78 Å². The van der Waals surface area contributed by atoms with Crippen LogP contribution in [0.2, 0.25) is 0 Å². The Labute approximate surface area is 88.5 Å². The van der Waals surface area contributed by atoms with Gasteiger partial charge in [-0.2, -0.15) is 0 Å². The topological polar surface area (TPSA) is 4.93 Å². The molecule has 0 unspecified atom stereocenters. The highest BCUT2D eigenvalue weighted by Gasteiger charge is 2.14. The third-order valence-electron chi connectivity index (χ3n) is 2.22. The number of nitrogens with zero attached hydrogens (tertiary/aromatic N) is 1. The minimum absolute atomic E-state index is 0.0926. The van der Waals surface area contributed by atoms with E-state index < -0.39 is 6.43 Å². The van der Waals surface area contributed by atoms with Gasteiger partial charge >= 0.3 is 0 Å². The lowest BCUT2D eigenvalue weighted by molar-refractivity contribution is 0.153. The van der Waals surface area contributed by atoms with Crippen molar-refractivity contribution in [2.24, 2.45) is 7.05 Å². The van der Waals surface area contributed by atoms with E-state index in [1.54, 1.807) is 23.7 Å². The zero-order valence-electron chi connectivity index (χ0n) is 7.47. The number of aromatic nitrogens is 1. The molecule has 1 nitrogen and oxygen atoms in total. The fourth-order valence-corrected chi connectivity index (χ4v) is 1.91. The van der Waals surface area contributed by atoms with Crippen molar-refractivity contribution >= 4 is 26.8 Å². The van der Waals surface area contributed by atoms with E-state index >= 15 is 0 Å². The highest BCUT2D eigenvalue weighted by Crippen LogP contribution is 2.30. The number of rotatable bonds is 1. The first kappa shape index (κ1) is 9.65. The molecule has 2 rings (SSSR count). The molecule has 0 amide bonds. The molecule has 4 heteroatoms. The number of halogens is 3. The molecular weight excluding hydrogens is 252 g/mol. The Balaban J connectivity index is 2.77. The summed E-state index contributed by atoms with van der Waals surface area (Å²) in [6.45, 7) is 0. The molecule has 2 aromatic rings. The lowest BCUT2D eigenvalue weighted by Gasteiger charge is -1.97. The van der Waals surface area contributed by atoms with Gasteiger partial charge in [0.2, 0.25) is 0 Å². The Morgan fingerprint density at radius 3 is 2.71 bits per heavy atom. The van der Waals surface area contributed by atoms with Crippen LogP contribution in [0, 0.1) is 0 Å². The van der Waals surface area contributed by atoms with Gasteiger partial charge in [-0.1, -0.05) is 22.0 Å². The molecule has 0 atom stereocenters. The van der Waals surface area contributed by atoms with E-state index in [0.29, 0.717) is 5.39 Å². The molecule has 1 aromatic carbocycles. The normalized spacial score (nSPS) is 11.5. The van der Waals surface area contributed by atoms with Crippen LogP contribution in [0.5, 0.6) is 0 Å². The first-order valence-corrected chi connectivity index (χ1v) is 4.91. The Morgan fingerprint density at radius 1 is 1.36 bits per heavy atom. The second-order valence-electron chi connectivity index (χ2n) is 3.16. The molecule has 0 aliphatic rings. The van der Waals surface area contributed by atoms with Gasteiger partial charge in [0, 0.05) is 34.2 Å². The summed E-state index contributed by atoms with van der Waals surface area (Å²) in [4.78, 5) is 0. The molecule has 1 heterocycles. The highest BCUT2D eigenvalue weighted by atomic mass is 79.9. The quantitative estimate of drug-likeness (QED) is 0.733. The van der Waals surface area contributed by atoms with Crippen LogP contribution < -0.4 is 0 Å². The van der Waals surface area contributed by atoms with E-state index in [-0.39, 0.29) is 5.56 Å². The number of alkyl halides is 2. The van der Waals surface area contributed by atoms with Gasteiger partial charge in [-0.15, -0.1) is 0 Å². The SMILES string of the molecule is Cn1cc(C(F)F)c2ccc(Br)cc21. The molecule has 0 saturated heterocycles. The molecule has 74 valence electrons. The van der Waals surface area contributed by atoms with Crippen LogP contribution in [0.1, 0.15) is 12.0 Å². The van der Waals surface area contributed by atoms with Crippen molar-refractivity contribution in [3.8, 4) is 0 Å². The molecule has 0 aliphatic carbocycles. The van der Waals surface area contributed by atoms with E-state index in [0.717, 1.165) is 9.99 Å². The van der Waals surface area contributed by atoms with Crippen molar-refractivity contribution in [3.63, 3.8) is 0 Å². The van der Waals surface area contributed by atoms with Gasteiger partial charge in [0.15, 0.2) is 0 Å². The maximum atomic E-state index is 12.6. The monoisotopic (exact) mass is 259 g/mol. The minimum atomic E-state index is -2.42. The summed E-state index contributed by atoms with van der Waals surface area (Å²) in [5.74, 6) is 0. The average Bonchev–Trinajstić information content (AvgIpc) is 2.44. The van der Waals surface area contributed by atoms with Crippen LogP contribution in [0.15, 0.2) is 28.9 Å². The Hall–Kier alpha value is -0.900. The lowest BCUT2D eigenvalue weighted by Crippen LogP contribution is -1.82. The van der Waals surface area contributed by atoms with E-state index in [1.807, 2.05) is 6.07 Å². The smallest absolute Gasteiger partial charge is 0.265 e. The number of hydrogen-bond donors (Lipinski definition) is 0. The largest absolute Gasteiger partial charge is 0.350 e. The summed E-state index contributed by atoms with van der Waals surface area (Å²) in [7, 11) is 1.76. The van der Waals surface area contributed by atoms with E-state index in [4.69, 9.17) is 0 Å². The second-order valence-corrected chi connectivity index (χ2v) is 4.07. The fraction of sp³-hybridized carbons (Fsp3) is 0.200. The molecule has 0 spiro atoms. The fourth-order valence-electron chi connectivity index (χ4n) is 1.56. The summed E-state index contributed by atoms with van der Waals surface area (Å²) in [6.07, 6.45) is -0.943. The van der Waals surface area contributed by atoms with Gasteiger partial charge in [0.1, 0.15) is 0 Å². The van der Waals surface area contributed by atoms with Gasteiger partial charge in [-0.05, 0) is 12.1 Å². The average molecular weight is 260 g/mol. The number of hydrogen-bond acceptors (Lipinski definition) is 0. The maximum Gasteiger partial charge on any atom is 0.265 e. The van der Waals surface area contributed by atoms with Crippen LogP contribution in [0.25, 0.3) is 10.9 Å². The van der Waals surface area contributed by atoms with Gasteiger partial charge in [-0.25, -0.2) is 8.78 Å². The van der Waals surface area contributed by atoms with Gasteiger partial charge in [0.25, 0.3) is 6.43 Å². The van der Waals surface area contributed by atoms with Crippen LogP contribution >= 0.6 is 15.9 Å². The summed E-state index contributed by atoms with van der Waals surface area (Å²) in [6, 6.07) is 5.32. The maximum absolute atomic E-state index is 12.6. The van der Waals surface area contributed by atoms with E-state index in [2.05, 4.69) is 15.9 Å². The zero-order valence-corrected chi connectivity index (χ0v) is 9.05. The second kappa shape index (κ2) is 3.35. The molecule has 0 aliphatic heterocycles. The molecular formula is C10H8BrF2N. The van der Waals surface area contributed by atoms with Gasteiger partial charge < -0.3 is 4.57 Å². The highest BCUT2D eigenvalue weighted by molar-refractivity contribution is 9.10. The van der Waals surface area contributed by atoms with Crippen LogP contribution in [-0.2, 0) is 7.05 Å². The van der Waals surface area contributed by atoms with Crippen molar-refractivity contribution in [1.82, 2.24) is 4.57 Å². The number of fused-ring (bicyclic) bond motifs is 1. The van der Waals surface area contributed by atoms with Gasteiger partial charge in [-0.3, -0.25) is 0 Å². The lowest BCUT2D eigenvalue weighted by atomic mass is 10.2. The van der Waals surface area contributed by atoms with Crippen molar-refractivity contribution in [2.75, 3.05) is 0 Å². The van der Waals surface area contributed by atoms with Crippen LogP contribution in [0.4, 0.5) is 8.78 Å². The summed E-state index contributed by atoms with van der Waals surface area (Å²) in [5.41, 5.74) is 0.907. The standard InChI is InChI=1S/C10H8BrF2N/c1-14-5-8(10(12)13)7-3-2-6(11)4-9(7)14/h2-5,10H,1H3. The minimum Gasteiger partial charge on any atom is -0.350 e. The Bertz CT molecular complexity index is 476. The molecule has 1 aromatic heterocycles. The first-order chi connectivity index (χ1) is 6.59. The number of aryl methyl sites for hydroxylation is 1. The predicted molar refractivity (Wildman–Crippen MR) is 55.6 cm³/mol. The number of benzene rings is 1. The van der Waals surface area contributed by atoms with Crippen molar-refractivity contribution < 1.29 is 8.78 Å². The predicted octanol–water partition coefficient (Wildman–Crippen LogP) is 3.88. The zero-order chi connectivity index (χ0) is 10.3.